The molecule has 30 heavy (non-hydrogen) atoms. The second kappa shape index (κ2) is 10.5. The Morgan fingerprint density at radius 3 is 1.30 bits per heavy atom. The summed E-state index contributed by atoms with van der Waals surface area (Å²) in [6.07, 6.45) is 3.57. The van der Waals surface area contributed by atoms with E-state index in [9.17, 15) is 0 Å². The van der Waals surface area contributed by atoms with Gasteiger partial charge in [0.2, 0.25) is 0 Å². The van der Waals surface area contributed by atoms with E-state index in [1.54, 1.807) is 22.4 Å². The van der Waals surface area contributed by atoms with Gasteiger partial charge in [-0.15, -0.1) is 0 Å². The van der Waals surface area contributed by atoms with Crippen LogP contribution in [-0.2, 0) is 0 Å². The third-order valence-electron chi connectivity index (χ3n) is 4.37. The van der Waals surface area contributed by atoms with E-state index in [0.29, 0.717) is 9.98 Å². The van der Waals surface area contributed by atoms with Gasteiger partial charge in [0, 0.05) is 36.3 Å². The summed E-state index contributed by atoms with van der Waals surface area (Å²) in [5.74, 6) is 0. The number of nitrogens with zero attached hydrogens (tertiary/aromatic N) is 4. The molecule has 3 aromatic carbocycles. The van der Waals surface area contributed by atoms with Crippen molar-refractivity contribution in [3.8, 4) is 0 Å². The molecule has 0 fully saturated rings. The molecule has 150 valence electrons. The summed E-state index contributed by atoms with van der Waals surface area (Å²) in [6, 6.07) is 27.6. The van der Waals surface area contributed by atoms with Crippen molar-refractivity contribution in [2.45, 2.75) is 0 Å². The summed E-state index contributed by atoms with van der Waals surface area (Å²) < 4.78 is 0. The van der Waals surface area contributed by atoms with Crippen molar-refractivity contribution in [3.05, 3.63) is 107 Å². The zero-order valence-corrected chi connectivity index (χ0v) is 18.5. The second-order valence-corrected chi connectivity index (χ2v) is 7.28. The number of hydrazone groups is 2. The first kappa shape index (κ1) is 21.5. The van der Waals surface area contributed by atoms with E-state index in [1.807, 2.05) is 99.0 Å². The van der Waals surface area contributed by atoms with Gasteiger partial charge in [0.15, 0.2) is 0 Å². The Labute approximate surface area is 188 Å². The van der Waals surface area contributed by atoms with Crippen LogP contribution in [0.3, 0.4) is 0 Å². The molecular weight excluding hydrogens is 408 g/mol. The zero-order valence-electron chi connectivity index (χ0n) is 16.8. The molecule has 0 aromatic heterocycles. The summed E-state index contributed by atoms with van der Waals surface area (Å²) in [4.78, 5) is 1.32. The molecule has 0 heterocycles. The van der Waals surface area contributed by atoms with Crippen LogP contribution in [0.2, 0.25) is 0 Å². The van der Waals surface area contributed by atoms with Crippen molar-refractivity contribution in [2.75, 3.05) is 14.1 Å². The highest BCUT2D eigenvalue weighted by Gasteiger charge is 2.07. The van der Waals surface area contributed by atoms with Crippen LogP contribution in [0.5, 0.6) is 0 Å². The normalized spacial score (nSPS) is 11.0. The lowest BCUT2D eigenvalue weighted by Gasteiger charge is -2.15. The average molecular weight is 431 g/mol. The van der Waals surface area contributed by atoms with Gasteiger partial charge in [0.1, 0.15) is 9.98 Å². The Morgan fingerprint density at radius 2 is 0.933 bits per heavy atom. The molecule has 6 heteroatoms. The second-order valence-electron chi connectivity index (χ2n) is 6.51. The molecular formula is C24H22N4S2. The SMILES string of the molecule is CN(/N=C/c1ccccc1/C=N/N(C)C(=S)c1ccccc1)C(=S)c1ccccc1. The van der Waals surface area contributed by atoms with E-state index in [1.165, 1.54) is 0 Å². The third kappa shape index (κ3) is 5.65. The van der Waals surface area contributed by atoms with E-state index < -0.39 is 0 Å². The van der Waals surface area contributed by atoms with Crippen LogP contribution in [0.25, 0.3) is 0 Å². The molecule has 3 aromatic rings. The fraction of sp³-hybridized carbons (Fsp3) is 0.0833. The van der Waals surface area contributed by atoms with Crippen LogP contribution < -0.4 is 0 Å². The van der Waals surface area contributed by atoms with E-state index in [4.69, 9.17) is 24.4 Å². The maximum atomic E-state index is 5.52. The van der Waals surface area contributed by atoms with Crippen LogP contribution in [0, 0.1) is 0 Å². The van der Waals surface area contributed by atoms with Crippen LogP contribution >= 0.6 is 24.4 Å². The number of hydrogen-bond acceptors (Lipinski definition) is 4. The summed E-state index contributed by atoms with van der Waals surface area (Å²) in [6.45, 7) is 0. The molecule has 0 spiro atoms. The van der Waals surface area contributed by atoms with E-state index in [-0.39, 0.29) is 0 Å². The highest BCUT2D eigenvalue weighted by Crippen LogP contribution is 2.09. The van der Waals surface area contributed by atoms with Gasteiger partial charge in [0.05, 0.1) is 12.4 Å². The number of thiocarbonyl (C=S) groups is 2. The van der Waals surface area contributed by atoms with E-state index in [0.717, 1.165) is 22.3 Å². The van der Waals surface area contributed by atoms with E-state index >= 15 is 0 Å². The van der Waals surface area contributed by atoms with Crippen molar-refractivity contribution >= 4 is 46.8 Å². The average Bonchev–Trinajstić information content (AvgIpc) is 2.81. The molecule has 0 N–H and O–H groups in total. The Kier molecular flexibility index (Phi) is 7.54. The minimum atomic E-state index is 0.658. The van der Waals surface area contributed by atoms with Crippen LogP contribution in [0.4, 0.5) is 0 Å². The lowest BCUT2D eigenvalue weighted by Crippen LogP contribution is -2.20. The smallest absolute Gasteiger partial charge is 0.129 e. The molecule has 0 bridgehead atoms. The maximum Gasteiger partial charge on any atom is 0.129 e. The fourth-order valence-electron chi connectivity index (χ4n) is 2.68. The first-order valence-corrected chi connectivity index (χ1v) is 10.2. The summed E-state index contributed by atoms with van der Waals surface area (Å²) in [7, 11) is 3.68. The van der Waals surface area contributed by atoms with Gasteiger partial charge in [0.25, 0.3) is 0 Å². The fourth-order valence-corrected chi connectivity index (χ4v) is 3.05. The Hall–Kier alpha value is -3.22. The molecule has 0 atom stereocenters. The van der Waals surface area contributed by atoms with Gasteiger partial charge < -0.3 is 0 Å². The lowest BCUT2D eigenvalue weighted by molar-refractivity contribution is 0.558. The first-order valence-electron chi connectivity index (χ1n) is 9.39. The van der Waals surface area contributed by atoms with Gasteiger partial charge in [-0.05, 0) is 0 Å². The van der Waals surface area contributed by atoms with Crippen LogP contribution in [-0.4, -0.2) is 46.5 Å². The van der Waals surface area contributed by atoms with E-state index in [2.05, 4.69) is 10.2 Å². The quantitative estimate of drug-likeness (QED) is 0.314. The van der Waals surface area contributed by atoms with Gasteiger partial charge >= 0.3 is 0 Å². The predicted molar refractivity (Wildman–Crippen MR) is 133 cm³/mol. The molecule has 4 nitrogen and oxygen atoms in total. The minimum absolute atomic E-state index is 0.658. The van der Waals surface area contributed by atoms with Crippen LogP contribution in [0.1, 0.15) is 22.3 Å². The van der Waals surface area contributed by atoms with Crippen molar-refractivity contribution in [2.24, 2.45) is 10.2 Å². The first-order chi connectivity index (χ1) is 14.6. The highest BCUT2D eigenvalue weighted by atomic mass is 32.1. The molecule has 3 rings (SSSR count). The zero-order chi connectivity index (χ0) is 21.3. The van der Waals surface area contributed by atoms with Gasteiger partial charge in [-0.25, -0.2) is 0 Å². The Morgan fingerprint density at radius 1 is 0.600 bits per heavy atom. The molecule has 0 saturated heterocycles. The molecule has 0 aliphatic rings. The summed E-state index contributed by atoms with van der Waals surface area (Å²) in [5.41, 5.74) is 3.78. The van der Waals surface area contributed by atoms with Gasteiger partial charge in [-0.3, -0.25) is 10.0 Å². The monoisotopic (exact) mass is 430 g/mol. The lowest BCUT2D eigenvalue weighted by atomic mass is 10.1. The highest BCUT2D eigenvalue weighted by molar-refractivity contribution is 7.80. The van der Waals surface area contributed by atoms with Gasteiger partial charge in [-0.1, -0.05) is 109 Å². The Bertz CT molecular complexity index is 976. The molecule has 0 radical (unpaired) electrons. The topological polar surface area (TPSA) is 31.2 Å². The largest absolute Gasteiger partial charge is 0.257 e. The Balaban J connectivity index is 1.72. The van der Waals surface area contributed by atoms with Crippen molar-refractivity contribution in [1.82, 2.24) is 10.0 Å². The number of hydrogen-bond donors (Lipinski definition) is 0. The van der Waals surface area contributed by atoms with Crippen LogP contribution in [0.15, 0.2) is 95.1 Å². The summed E-state index contributed by atoms with van der Waals surface area (Å²) >= 11 is 11.0. The summed E-state index contributed by atoms with van der Waals surface area (Å²) in [5, 5.41) is 12.4. The molecule has 0 aliphatic carbocycles. The van der Waals surface area contributed by atoms with Crippen molar-refractivity contribution in [1.29, 1.82) is 0 Å². The number of rotatable bonds is 6. The minimum Gasteiger partial charge on any atom is -0.257 e. The third-order valence-corrected chi connectivity index (χ3v) is 5.37. The molecule has 0 aliphatic heterocycles. The standard InChI is InChI=1S/C24H22N4S2/c1-27(23(29)19-11-5-3-6-12-19)25-17-21-15-9-10-16-22(21)18-26-28(2)24(30)20-13-7-4-8-14-20/h3-18H,1-2H3/b25-17+,26-18+. The van der Waals surface area contributed by atoms with Crippen molar-refractivity contribution in [3.63, 3.8) is 0 Å². The van der Waals surface area contributed by atoms with Gasteiger partial charge in [-0.2, -0.15) is 10.2 Å². The molecule has 0 unspecified atom stereocenters. The maximum absolute atomic E-state index is 5.52. The molecule has 0 saturated carbocycles. The number of benzene rings is 3. The van der Waals surface area contributed by atoms with Crippen molar-refractivity contribution < 1.29 is 0 Å². The predicted octanol–water partition coefficient (Wildman–Crippen LogP) is 4.97. The molecule has 0 amide bonds.